The van der Waals surface area contributed by atoms with Crippen molar-refractivity contribution in [1.82, 2.24) is 0 Å². The molecule has 2 saturated carbocycles. The Kier molecular flexibility index (Phi) is 4.29. The molecule has 1 saturated heterocycles. The zero-order valence-corrected chi connectivity index (χ0v) is 13.8. The molecule has 3 fully saturated rings. The van der Waals surface area contributed by atoms with Crippen molar-refractivity contribution in [3.8, 4) is 0 Å². The summed E-state index contributed by atoms with van der Waals surface area (Å²) in [6.45, 7) is 5.64. The maximum Gasteiger partial charge on any atom is 0.187 e. The maximum atomic E-state index is 10.2. The first kappa shape index (κ1) is 17.5. The van der Waals surface area contributed by atoms with Gasteiger partial charge in [0.2, 0.25) is 0 Å². The van der Waals surface area contributed by atoms with Crippen LogP contribution in [0.25, 0.3) is 0 Å². The number of rotatable bonds is 3. The van der Waals surface area contributed by atoms with Crippen LogP contribution in [0.5, 0.6) is 0 Å². The van der Waals surface area contributed by atoms with Gasteiger partial charge in [-0.25, -0.2) is 0 Å². The molecule has 0 aromatic heterocycles. The van der Waals surface area contributed by atoms with E-state index in [4.69, 9.17) is 9.47 Å². The van der Waals surface area contributed by atoms with E-state index in [1.807, 2.05) is 13.8 Å². The third kappa shape index (κ3) is 2.54. The average Bonchev–Trinajstić information content (AvgIpc) is 2.88. The third-order valence-corrected chi connectivity index (χ3v) is 6.21. The molecule has 7 nitrogen and oxygen atoms in total. The van der Waals surface area contributed by atoms with Crippen LogP contribution >= 0.6 is 0 Å². The molecular formula is C16H28O7. The molecule has 0 radical (unpaired) electrons. The molecule has 0 spiro atoms. The van der Waals surface area contributed by atoms with E-state index in [1.54, 1.807) is 0 Å². The summed E-state index contributed by atoms with van der Waals surface area (Å²) in [7, 11) is 0. The van der Waals surface area contributed by atoms with Crippen LogP contribution in [-0.2, 0) is 9.47 Å². The molecule has 0 aromatic rings. The molecular weight excluding hydrogens is 304 g/mol. The van der Waals surface area contributed by atoms with E-state index in [2.05, 4.69) is 6.92 Å². The van der Waals surface area contributed by atoms with Gasteiger partial charge >= 0.3 is 0 Å². The largest absolute Gasteiger partial charge is 0.394 e. The van der Waals surface area contributed by atoms with Gasteiger partial charge in [-0.2, -0.15) is 0 Å². The Labute approximate surface area is 135 Å². The highest BCUT2D eigenvalue weighted by Crippen LogP contribution is 2.63. The second-order valence-corrected chi connectivity index (χ2v) is 8.27. The van der Waals surface area contributed by atoms with Gasteiger partial charge in [0.1, 0.15) is 24.4 Å². The molecule has 134 valence electrons. The Morgan fingerprint density at radius 1 is 1.00 bits per heavy atom. The number of hydrogen-bond donors (Lipinski definition) is 5. The van der Waals surface area contributed by atoms with Gasteiger partial charge in [-0.15, -0.1) is 0 Å². The van der Waals surface area contributed by atoms with Crippen LogP contribution in [0.15, 0.2) is 0 Å². The molecule has 2 aliphatic carbocycles. The first-order valence-electron chi connectivity index (χ1n) is 8.26. The van der Waals surface area contributed by atoms with Crippen LogP contribution in [-0.4, -0.2) is 75.1 Å². The summed E-state index contributed by atoms with van der Waals surface area (Å²) in [4.78, 5) is 0. The van der Waals surface area contributed by atoms with Crippen LogP contribution in [0, 0.1) is 16.7 Å². The van der Waals surface area contributed by atoms with Crippen molar-refractivity contribution < 1.29 is 35.0 Å². The lowest BCUT2D eigenvalue weighted by atomic mass is 9.69. The predicted octanol–water partition coefficient (Wildman–Crippen LogP) is -1.01. The Morgan fingerprint density at radius 2 is 1.65 bits per heavy atom. The van der Waals surface area contributed by atoms with Crippen molar-refractivity contribution in [2.45, 2.75) is 76.5 Å². The topological polar surface area (TPSA) is 120 Å². The molecule has 0 unspecified atom stereocenters. The smallest absolute Gasteiger partial charge is 0.187 e. The van der Waals surface area contributed by atoms with Crippen molar-refractivity contribution in [3.05, 3.63) is 0 Å². The van der Waals surface area contributed by atoms with Gasteiger partial charge in [-0.1, -0.05) is 20.8 Å². The lowest BCUT2D eigenvalue weighted by molar-refractivity contribution is -0.328. The van der Waals surface area contributed by atoms with Crippen LogP contribution in [0.4, 0.5) is 0 Å². The van der Waals surface area contributed by atoms with Crippen molar-refractivity contribution in [3.63, 3.8) is 0 Å². The van der Waals surface area contributed by atoms with Gasteiger partial charge < -0.3 is 35.0 Å². The van der Waals surface area contributed by atoms with Crippen LogP contribution in [0.1, 0.15) is 33.6 Å². The minimum absolute atomic E-state index is 0.113. The third-order valence-electron chi connectivity index (χ3n) is 6.21. The van der Waals surface area contributed by atoms with Gasteiger partial charge in [0.25, 0.3) is 0 Å². The monoisotopic (exact) mass is 332 g/mol. The molecule has 7 heteroatoms. The summed E-state index contributed by atoms with van der Waals surface area (Å²) in [6, 6.07) is 0. The van der Waals surface area contributed by atoms with Gasteiger partial charge in [0.15, 0.2) is 6.29 Å². The summed E-state index contributed by atoms with van der Waals surface area (Å²) >= 11 is 0. The maximum absolute atomic E-state index is 10.2. The minimum Gasteiger partial charge on any atom is -0.394 e. The second kappa shape index (κ2) is 5.62. The fraction of sp³-hybridized carbons (Fsp3) is 1.00. The van der Waals surface area contributed by atoms with E-state index in [-0.39, 0.29) is 29.0 Å². The standard InChI is InChI=1S/C16H28O7/c1-15(2)7-4-16(3,5-8(7)18)14(15)23-13-12(21)11(20)10(19)9(6-17)22-13/h7-14,17-21H,4-6H2,1-3H3/t7-,8-,9+,10+,11-,12+,13-,14+,16+/m0/s1. The van der Waals surface area contributed by atoms with Crippen LogP contribution < -0.4 is 0 Å². The molecule has 23 heavy (non-hydrogen) atoms. The number of aliphatic hydroxyl groups is 5. The quantitative estimate of drug-likeness (QED) is 0.449. The average molecular weight is 332 g/mol. The Balaban J connectivity index is 1.79. The van der Waals surface area contributed by atoms with E-state index in [1.165, 1.54) is 0 Å². The molecule has 3 rings (SSSR count). The van der Waals surface area contributed by atoms with Crippen LogP contribution in [0.3, 0.4) is 0 Å². The van der Waals surface area contributed by atoms with E-state index in [0.717, 1.165) is 6.42 Å². The summed E-state index contributed by atoms with van der Waals surface area (Å²) in [5, 5.41) is 49.4. The Hall–Kier alpha value is -0.280. The van der Waals surface area contributed by atoms with Crippen molar-refractivity contribution in [2.24, 2.45) is 16.7 Å². The van der Waals surface area contributed by atoms with E-state index in [9.17, 15) is 25.5 Å². The lowest BCUT2D eigenvalue weighted by Crippen LogP contribution is -2.61. The summed E-state index contributed by atoms with van der Waals surface area (Å²) < 4.78 is 11.5. The molecule has 9 atom stereocenters. The van der Waals surface area contributed by atoms with Gasteiger partial charge in [-0.05, 0) is 29.6 Å². The molecule has 1 aliphatic heterocycles. The van der Waals surface area contributed by atoms with Crippen LogP contribution in [0.2, 0.25) is 0 Å². The van der Waals surface area contributed by atoms with E-state index >= 15 is 0 Å². The number of ether oxygens (including phenoxy) is 2. The fourth-order valence-corrected chi connectivity index (χ4v) is 5.06. The number of fused-ring (bicyclic) bond motifs is 2. The Bertz CT molecular complexity index is 449. The second-order valence-electron chi connectivity index (χ2n) is 8.27. The summed E-state index contributed by atoms with van der Waals surface area (Å²) in [5.41, 5.74) is -0.530. The highest BCUT2D eigenvalue weighted by atomic mass is 16.7. The fourth-order valence-electron chi connectivity index (χ4n) is 5.06. The molecule has 3 aliphatic rings. The highest BCUT2D eigenvalue weighted by molar-refractivity contribution is 5.13. The van der Waals surface area contributed by atoms with E-state index in [0.29, 0.717) is 6.42 Å². The molecule has 5 N–H and O–H groups in total. The zero-order valence-electron chi connectivity index (χ0n) is 13.8. The number of aliphatic hydroxyl groups excluding tert-OH is 5. The van der Waals surface area contributed by atoms with Gasteiger partial charge in [0, 0.05) is 0 Å². The highest BCUT2D eigenvalue weighted by Gasteiger charge is 2.65. The lowest BCUT2D eigenvalue weighted by Gasteiger charge is -2.48. The van der Waals surface area contributed by atoms with E-state index < -0.39 is 37.3 Å². The first-order chi connectivity index (χ1) is 10.6. The number of hydrogen-bond acceptors (Lipinski definition) is 7. The van der Waals surface area contributed by atoms with Crippen molar-refractivity contribution >= 4 is 0 Å². The SMILES string of the molecule is CC1(C)[C@@H](O[C@@H]2O[C@H](CO)[C@@H](O)[C@H](O)[C@H]2O)[C@@]2(C)C[C@H](O)[C@@H]1C2. The molecule has 0 aromatic carbocycles. The Morgan fingerprint density at radius 3 is 2.17 bits per heavy atom. The zero-order chi connectivity index (χ0) is 17.2. The first-order valence-corrected chi connectivity index (χ1v) is 8.26. The van der Waals surface area contributed by atoms with Crippen molar-refractivity contribution in [2.75, 3.05) is 6.61 Å². The molecule has 2 bridgehead atoms. The summed E-state index contributed by atoms with van der Waals surface area (Å²) in [6.07, 6.45) is -5.47. The molecule has 1 heterocycles. The normalized spacial score (nSPS) is 55.3. The van der Waals surface area contributed by atoms with Gasteiger partial charge in [-0.3, -0.25) is 0 Å². The molecule has 0 amide bonds. The van der Waals surface area contributed by atoms with Gasteiger partial charge in [0.05, 0.1) is 18.8 Å². The van der Waals surface area contributed by atoms with Crippen molar-refractivity contribution in [1.29, 1.82) is 0 Å². The predicted molar refractivity (Wildman–Crippen MR) is 79.3 cm³/mol. The summed E-state index contributed by atoms with van der Waals surface area (Å²) in [5.74, 6) is 0.113. The minimum atomic E-state index is -1.44.